The van der Waals surface area contributed by atoms with Crippen molar-refractivity contribution in [2.45, 2.75) is 29.0 Å². The molecule has 11 nitrogen and oxygen atoms in total. The van der Waals surface area contributed by atoms with Crippen LogP contribution in [0, 0.1) is 0 Å². The van der Waals surface area contributed by atoms with Crippen LogP contribution in [0.3, 0.4) is 0 Å². The molecule has 5 rings (SSSR count). The molecule has 0 radical (unpaired) electrons. The molecule has 1 N–H and O–H groups in total. The number of ether oxygens (including phenoxy) is 4. The molecule has 0 aromatic heterocycles. The highest BCUT2D eigenvalue weighted by atomic mass is 35.5. The third-order valence-corrected chi connectivity index (χ3v) is 9.73. The number of halogens is 1. The Kier molecular flexibility index (Phi) is 7.84. The predicted molar refractivity (Wildman–Crippen MR) is 153 cm³/mol. The number of anilines is 1. The molecule has 13 heteroatoms. The molecular formula is C29H29ClN2O9S. The SMILES string of the molecule is COc1ccc(S(=O)(=O)N2C(=O)C(c3ccccc3OC)(N3C[C@H](OC)C[C@H]3C(=O)O)c3cc(Cl)ccc32)c(OC)c1. The highest BCUT2D eigenvalue weighted by molar-refractivity contribution is 7.93. The first-order valence-electron chi connectivity index (χ1n) is 12.8. The lowest BCUT2D eigenvalue weighted by molar-refractivity contribution is -0.145. The van der Waals surface area contributed by atoms with Gasteiger partial charge in [-0.05, 0) is 36.4 Å². The van der Waals surface area contributed by atoms with Crippen molar-refractivity contribution < 1.29 is 42.1 Å². The first kappa shape index (κ1) is 29.6. The second-order valence-corrected chi connectivity index (χ2v) is 12.0. The van der Waals surface area contributed by atoms with E-state index in [4.69, 9.17) is 30.5 Å². The van der Waals surface area contributed by atoms with Gasteiger partial charge in [-0.25, -0.2) is 12.7 Å². The number of methoxy groups -OCH3 is 4. The van der Waals surface area contributed by atoms with Gasteiger partial charge in [0.05, 0.1) is 33.1 Å². The maximum Gasteiger partial charge on any atom is 0.321 e. The molecule has 0 spiro atoms. The summed E-state index contributed by atoms with van der Waals surface area (Å²) in [6.07, 6.45) is -0.495. The highest BCUT2D eigenvalue weighted by Gasteiger charge is 2.64. The Morgan fingerprint density at radius 3 is 2.31 bits per heavy atom. The van der Waals surface area contributed by atoms with Crippen molar-refractivity contribution in [1.29, 1.82) is 0 Å². The number of para-hydroxylation sites is 1. The smallest absolute Gasteiger partial charge is 0.321 e. The van der Waals surface area contributed by atoms with Crippen molar-refractivity contribution in [1.82, 2.24) is 4.90 Å². The summed E-state index contributed by atoms with van der Waals surface area (Å²) in [6.45, 7) is 0.00293. The molecule has 0 aliphatic carbocycles. The average Bonchev–Trinajstić information content (AvgIpc) is 3.54. The zero-order chi connectivity index (χ0) is 30.4. The molecule has 3 aromatic carbocycles. The van der Waals surface area contributed by atoms with Crippen LogP contribution in [-0.2, 0) is 29.9 Å². The number of carbonyl (C=O) groups excluding carboxylic acids is 1. The van der Waals surface area contributed by atoms with Crippen LogP contribution in [0.25, 0.3) is 0 Å². The number of fused-ring (bicyclic) bond motifs is 1. The number of benzene rings is 3. The van der Waals surface area contributed by atoms with Crippen LogP contribution in [0.15, 0.2) is 65.6 Å². The third kappa shape index (κ3) is 4.37. The normalized spacial score (nSPS) is 22.2. The van der Waals surface area contributed by atoms with Gasteiger partial charge in [0.1, 0.15) is 28.2 Å². The van der Waals surface area contributed by atoms with Crippen molar-refractivity contribution in [3.63, 3.8) is 0 Å². The number of sulfonamides is 1. The molecule has 1 fully saturated rings. The van der Waals surface area contributed by atoms with Crippen molar-refractivity contribution in [2.75, 3.05) is 39.3 Å². The van der Waals surface area contributed by atoms with E-state index in [0.717, 1.165) is 0 Å². The summed E-state index contributed by atoms with van der Waals surface area (Å²) < 4.78 is 51.4. The predicted octanol–water partition coefficient (Wildman–Crippen LogP) is 3.52. The van der Waals surface area contributed by atoms with Gasteiger partial charge in [-0.15, -0.1) is 0 Å². The van der Waals surface area contributed by atoms with Crippen molar-refractivity contribution >= 4 is 39.2 Å². The van der Waals surface area contributed by atoms with Gasteiger partial charge in [-0.2, -0.15) is 0 Å². The minimum Gasteiger partial charge on any atom is -0.497 e. The van der Waals surface area contributed by atoms with Crippen LogP contribution < -0.4 is 18.5 Å². The number of amides is 1. The Morgan fingerprint density at radius 2 is 1.67 bits per heavy atom. The Hall–Kier alpha value is -3.84. The van der Waals surface area contributed by atoms with E-state index in [2.05, 4.69) is 0 Å². The standard InChI is InChI=1S/C29H29ClN2O9S/c1-38-18-10-12-26(25(15-18)41-4)42(36,37)32-22-11-9-17(30)13-21(22)29(28(32)35,20-7-5-6-8-24(20)40-3)31-16-19(39-2)14-23(31)27(33)34/h5-13,15,19,23H,14,16H2,1-4H3,(H,33,34)/t19-,23+,29?/m1/s1. The summed E-state index contributed by atoms with van der Waals surface area (Å²) in [5.74, 6) is -1.57. The van der Waals surface area contributed by atoms with E-state index in [1.165, 1.54) is 69.7 Å². The monoisotopic (exact) mass is 616 g/mol. The summed E-state index contributed by atoms with van der Waals surface area (Å²) in [5.41, 5.74) is -1.53. The molecule has 42 heavy (non-hydrogen) atoms. The van der Waals surface area contributed by atoms with Gasteiger partial charge in [-0.1, -0.05) is 29.8 Å². The topological polar surface area (TPSA) is 132 Å². The highest BCUT2D eigenvalue weighted by Crippen LogP contribution is 2.55. The summed E-state index contributed by atoms with van der Waals surface area (Å²) in [6, 6.07) is 13.9. The Morgan fingerprint density at radius 1 is 0.952 bits per heavy atom. The number of rotatable bonds is 9. The maximum atomic E-state index is 15.1. The number of likely N-dealkylation sites (tertiary alicyclic amines) is 1. The lowest BCUT2D eigenvalue weighted by atomic mass is 9.81. The first-order valence-corrected chi connectivity index (χ1v) is 14.7. The third-order valence-electron chi connectivity index (χ3n) is 7.76. The Labute approximate surface area is 248 Å². The van der Waals surface area contributed by atoms with Gasteiger partial charge < -0.3 is 24.1 Å². The lowest BCUT2D eigenvalue weighted by Gasteiger charge is -2.40. The molecule has 2 aliphatic rings. The van der Waals surface area contributed by atoms with E-state index in [1.807, 2.05) is 0 Å². The largest absolute Gasteiger partial charge is 0.497 e. The summed E-state index contributed by atoms with van der Waals surface area (Å²) in [4.78, 5) is 28.9. The minimum absolute atomic E-state index is 0.00293. The number of hydrogen-bond acceptors (Lipinski definition) is 9. The van der Waals surface area contributed by atoms with Crippen molar-refractivity contribution in [3.05, 3.63) is 76.8 Å². The fraction of sp³-hybridized carbons (Fsp3) is 0.310. The molecule has 2 heterocycles. The molecule has 2 aliphatic heterocycles. The van der Waals surface area contributed by atoms with Crippen molar-refractivity contribution in [2.24, 2.45) is 0 Å². The fourth-order valence-electron chi connectivity index (χ4n) is 5.88. The molecular weight excluding hydrogens is 588 g/mol. The zero-order valence-corrected chi connectivity index (χ0v) is 24.8. The van der Waals surface area contributed by atoms with E-state index in [1.54, 1.807) is 24.3 Å². The van der Waals surface area contributed by atoms with E-state index < -0.39 is 39.6 Å². The average molecular weight is 617 g/mol. The molecule has 0 bridgehead atoms. The van der Waals surface area contributed by atoms with Gasteiger partial charge >= 0.3 is 5.97 Å². The molecule has 1 saturated heterocycles. The van der Waals surface area contributed by atoms with E-state index in [-0.39, 0.29) is 51.2 Å². The van der Waals surface area contributed by atoms with Crippen LogP contribution in [0.2, 0.25) is 5.02 Å². The van der Waals surface area contributed by atoms with Crippen LogP contribution in [-0.4, -0.2) is 77.4 Å². The Balaban J connectivity index is 1.86. The molecule has 0 saturated carbocycles. The number of carboxylic acids is 1. The van der Waals surface area contributed by atoms with Gasteiger partial charge in [0.2, 0.25) is 0 Å². The summed E-state index contributed by atoms with van der Waals surface area (Å²) in [7, 11) is 0.949. The molecule has 1 unspecified atom stereocenters. The van der Waals surface area contributed by atoms with Crippen LogP contribution in [0.1, 0.15) is 17.5 Å². The Bertz CT molecular complexity index is 1660. The quantitative estimate of drug-likeness (QED) is 0.381. The van der Waals surface area contributed by atoms with Crippen LogP contribution in [0.5, 0.6) is 17.2 Å². The van der Waals surface area contributed by atoms with Crippen molar-refractivity contribution in [3.8, 4) is 17.2 Å². The number of nitrogens with zero attached hydrogens (tertiary/aromatic N) is 2. The number of carbonyl (C=O) groups is 2. The second kappa shape index (κ2) is 11.1. The fourth-order valence-corrected chi connectivity index (χ4v) is 7.65. The van der Waals surface area contributed by atoms with E-state index in [9.17, 15) is 18.3 Å². The molecule has 3 atom stereocenters. The molecule has 3 aromatic rings. The number of carboxylic acid groups (broad SMARTS) is 1. The molecule has 1 amide bonds. The maximum absolute atomic E-state index is 15.1. The summed E-state index contributed by atoms with van der Waals surface area (Å²) in [5, 5.41) is 10.5. The number of aliphatic carboxylic acids is 1. The van der Waals surface area contributed by atoms with Crippen LogP contribution >= 0.6 is 11.6 Å². The first-order chi connectivity index (χ1) is 20.1. The second-order valence-electron chi connectivity index (χ2n) is 9.76. The summed E-state index contributed by atoms with van der Waals surface area (Å²) >= 11 is 6.48. The van der Waals surface area contributed by atoms with Gasteiger partial charge in [0.25, 0.3) is 15.9 Å². The lowest BCUT2D eigenvalue weighted by Crippen LogP contribution is -2.58. The zero-order valence-electron chi connectivity index (χ0n) is 23.2. The van der Waals surface area contributed by atoms with E-state index >= 15 is 4.79 Å². The number of hydrogen-bond donors (Lipinski definition) is 1. The molecule has 222 valence electrons. The van der Waals surface area contributed by atoms with Gasteiger partial charge in [0, 0.05) is 42.3 Å². The minimum atomic E-state index is -4.65. The van der Waals surface area contributed by atoms with Crippen LogP contribution in [0.4, 0.5) is 5.69 Å². The van der Waals surface area contributed by atoms with E-state index in [0.29, 0.717) is 10.1 Å². The van der Waals surface area contributed by atoms with Gasteiger partial charge in [0.15, 0.2) is 5.54 Å². The van der Waals surface area contributed by atoms with Gasteiger partial charge in [-0.3, -0.25) is 14.5 Å².